The number of anilines is 2. The first-order valence-corrected chi connectivity index (χ1v) is 12.5. The Morgan fingerprint density at radius 3 is 2.53 bits per heavy atom. The molecule has 0 atom stereocenters. The first-order valence-electron chi connectivity index (χ1n) is 12.5. The van der Waals surface area contributed by atoms with Crippen LogP contribution in [-0.4, -0.2) is 64.2 Å². The predicted octanol–water partition coefficient (Wildman–Crippen LogP) is 4.01. The van der Waals surface area contributed by atoms with Gasteiger partial charge in [-0.05, 0) is 57.0 Å². The highest BCUT2D eigenvalue weighted by Gasteiger charge is 2.28. The molecule has 3 aromatic rings. The summed E-state index contributed by atoms with van der Waals surface area (Å²) in [5, 5.41) is 12.6. The quantitative estimate of drug-likeness (QED) is 0.533. The van der Waals surface area contributed by atoms with Gasteiger partial charge in [-0.1, -0.05) is 0 Å². The van der Waals surface area contributed by atoms with Crippen LogP contribution in [0.15, 0.2) is 30.7 Å². The van der Waals surface area contributed by atoms with Gasteiger partial charge in [0.05, 0.1) is 5.69 Å². The largest absolute Gasteiger partial charge is 0.372 e. The van der Waals surface area contributed by atoms with Crippen LogP contribution in [-0.2, 0) is 6.54 Å². The summed E-state index contributed by atoms with van der Waals surface area (Å²) in [5.74, 6) is 0.645. The van der Waals surface area contributed by atoms with Gasteiger partial charge < -0.3 is 19.7 Å². The van der Waals surface area contributed by atoms with E-state index in [1.807, 2.05) is 6.20 Å². The van der Waals surface area contributed by atoms with Gasteiger partial charge in [0.25, 0.3) is 0 Å². The number of imidazole rings is 1. The maximum absolute atomic E-state index is 13.9. The summed E-state index contributed by atoms with van der Waals surface area (Å²) in [7, 11) is 1.74. The van der Waals surface area contributed by atoms with E-state index < -0.39 is 11.6 Å². The first kappa shape index (κ1) is 24.1. The second kappa shape index (κ2) is 10.6. The fourth-order valence-corrected chi connectivity index (χ4v) is 5.24. The number of piperidine rings is 1. The van der Waals surface area contributed by atoms with Gasteiger partial charge in [0.1, 0.15) is 29.6 Å². The van der Waals surface area contributed by atoms with Crippen molar-refractivity contribution in [1.29, 1.82) is 5.26 Å². The van der Waals surface area contributed by atoms with Crippen molar-refractivity contribution in [3.05, 3.63) is 53.7 Å². The van der Waals surface area contributed by atoms with Crippen molar-refractivity contribution < 1.29 is 8.78 Å². The topological polar surface area (TPSA) is 85.9 Å². The standard InChI is InChI=1S/C26H30F2N8/c1-30-24-20(15-29)26(32-17-31-24)35-10-6-18(7-11-35)25-33-23(19-4-5-21(27)22(28)14-19)16-36(25)13-12-34-8-2-3-9-34/h4-5,14,16-18H,2-3,6-13H2,1H3,(H,30,31,32). The van der Waals surface area contributed by atoms with Crippen molar-refractivity contribution in [1.82, 2.24) is 24.4 Å². The van der Waals surface area contributed by atoms with Gasteiger partial charge in [-0.2, -0.15) is 5.26 Å². The first-order chi connectivity index (χ1) is 17.6. The molecule has 2 aliphatic heterocycles. The minimum atomic E-state index is -0.868. The van der Waals surface area contributed by atoms with Crippen LogP contribution in [0.3, 0.4) is 0 Å². The van der Waals surface area contributed by atoms with E-state index in [0.717, 1.165) is 64.0 Å². The molecule has 0 saturated carbocycles. The maximum Gasteiger partial charge on any atom is 0.159 e. The lowest BCUT2D eigenvalue weighted by atomic mass is 9.95. The maximum atomic E-state index is 13.9. The normalized spacial score (nSPS) is 16.9. The monoisotopic (exact) mass is 492 g/mol. The Morgan fingerprint density at radius 2 is 1.83 bits per heavy atom. The van der Waals surface area contributed by atoms with Crippen molar-refractivity contribution in [2.75, 3.05) is 50.0 Å². The number of halogens is 2. The van der Waals surface area contributed by atoms with Gasteiger partial charge in [0, 0.05) is 50.9 Å². The van der Waals surface area contributed by atoms with E-state index in [4.69, 9.17) is 4.98 Å². The molecule has 8 nitrogen and oxygen atoms in total. The van der Waals surface area contributed by atoms with Crippen molar-refractivity contribution in [2.24, 2.45) is 0 Å². The molecule has 2 aromatic heterocycles. The number of likely N-dealkylation sites (tertiary alicyclic amines) is 1. The van der Waals surface area contributed by atoms with Crippen LogP contribution < -0.4 is 10.2 Å². The Labute approximate surface area is 209 Å². The van der Waals surface area contributed by atoms with Crippen molar-refractivity contribution in [3.8, 4) is 17.3 Å². The van der Waals surface area contributed by atoms with Gasteiger partial charge in [-0.25, -0.2) is 23.7 Å². The lowest BCUT2D eigenvalue weighted by Crippen LogP contribution is -2.35. The molecule has 2 aliphatic rings. The summed E-state index contributed by atoms with van der Waals surface area (Å²) in [5.41, 5.74) is 1.69. The summed E-state index contributed by atoms with van der Waals surface area (Å²) in [6.45, 7) is 5.46. The molecule has 0 aliphatic carbocycles. The minimum absolute atomic E-state index is 0.218. The van der Waals surface area contributed by atoms with Gasteiger partial charge in [0.2, 0.25) is 0 Å². The number of nitrogens with one attached hydrogen (secondary N) is 1. The molecule has 0 amide bonds. The molecule has 188 valence electrons. The second-order valence-corrected chi connectivity index (χ2v) is 9.40. The van der Waals surface area contributed by atoms with Crippen LogP contribution in [0.2, 0.25) is 0 Å². The van der Waals surface area contributed by atoms with Gasteiger partial charge in [-0.15, -0.1) is 0 Å². The molecule has 0 bridgehead atoms. The van der Waals surface area contributed by atoms with E-state index in [1.54, 1.807) is 13.1 Å². The minimum Gasteiger partial charge on any atom is -0.372 e. The zero-order valence-electron chi connectivity index (χ0n) is 20.4. The molecule has 2 saturated heterocycles. The number of rotatable bonds is 7. The third kappa shape index (κ3) is 4.88. The number of nitriles is 1. The number of hydrogen-bond donors (Lipinski definition) is 1. The van der Waals surface area contributed by atoms with Crippen LogP contribution >= 0.6 is 0 Å². The predicted molar refractivity (Wildman–Crippen MR) is 134 cm³/mol. The van der Waals surface area contributed by atoms with Crippen LogP contribution in [0.1, 0.15) is 43.0 Å². The number of nitrogens with zero attached hydrogens (tertiary/aromatic N) is 7. The average molecular weight is 493 g/mol. The Morgan fingerprint density at radius 1 is 1.06 bits per heavy atom. The second-order valence-electron chi connectivity index (χ2n) is 9.40. The van der Waals surface area contributed by atoms with E-state index in [-0.39, 0.29) is 5.92 Å². The Hall–Kier alpha value is -3.58. The third-order valence-corrected chi connectivity index (χ3v) is 7.21. The van der Waals surface area contributed by atoms with E-state index in [1.165, 1.54) is 25.2 Å². The summed E-state index contributed by atoms with van der Waals surface area (Å²) < 4.78 is 29.7. The van der Waals surface area contributed by atoms with E-state index in [2.05, 4.69) is 35.7 Å². The number of benzene rings is 1. The summed E-state index contributed by atoms with van der Waals surface area (Å²) in [4.78, 5) is 18.1. The zero-order chi connectivity index (χ0) is 25.1. The Balaban J connectivity index is 1.37. The SMILES string of the molecule is CNc1ncnc(N2CCC(c3nc(-c4ccc(F)c(F)c4)cn3CCN3CCCC3)CC2)c1C#N. The van der Waals surface area contributed by atoms with Crippen LogP contribution in [0.5, 0.6) is 0 Å². The van der Waals surface area contributed by atoms with Crippen LogP contribution in [0, 0.1) is 23.0 Å². The van der Waals surface area contributed by atoms with Gasteiger partial charge >= 0.3 is 0 Å². The van der Waals surface area contributed by atoms with Crippen molar-refractivity contribution in [3.63, 3.8) is 0 Å². The van der Waals surface area contributed by atoms with E-state index in [9.17, 15) is 14.0 Å². The lowest BCUT2D eigenvalue weighted by Gasteiger charge is -2.33. The van der Waals surface area contributed by atoms with Crippen molar-refractivity contribution in [2.45, 2.75) is 38.1 Å². The molecule has 2 fully saturated rings. The molecule has 0 radical (unpaired) electrons. The van der Waals surface area contributed by atoms with Crippen LogP contribution in [0.4, 0.5) is 20.4 Å². The zero-order valence-corrected chi connectivity index (χ0v) is 20.4. The number of aromatic nitrogens is 4. The summed E-state index contributed by atoms with van der Waals surface area (Å²) in [6.07, 6.45) is 7.62. The molecule has 1 N–H and O–H groups in total. The molecule has 10 heteroatoms. The molecule has 4 heterocycles. The molecule has 0 spiro atoms. The highest BCUT2D eigenvalue weighted by atomic mass is 19.2. The fraction of sp³-hybridized carbons (Fsp3) is 0.462. The summed E-state index contributed by atoms with van der Waals surface area (Å²) >= 11 is 0. The van der Waals surface area contributed by atoms with Gasteiger partial charge in [-0.3, -0.25) is 0 Å². The van der Waals surface area contributed by atoms with Gasteiger partial charge in [0.15, 0.2) is 17.5 Å². The fourth-order valence-electron chi connectivity index (χ4n) is 5.24. The molecule has 1 aromatic carbocycles. The lowest BCUT2D eigenvalue weighted by molar-refractivity contribution is 0.317. The summed E-state index contributed by atoms with van der Waals surface area (Å²) in [6, 6.07) is 6.18. The van der Waals surface area contributed by atoms with E-state index >= 15 is 0 Å². The molecule has 36 heavy (non-hydrogen) atoms. The van der Waals surface area contributed by atoms with Crippen LogP contribution in [0.25, 0.3) is 11.3 Å². The highest BCUT2D eigenvalue weighted by molar-refractivity contribution is 5.65. The smallest absolute Gasteiger partial charge is 0.159 e. The van der Waals surface area contributed by atoms with Crippen molar-refractivity contribution >= 4 is 11.6 Å². The Kier molecular flexibility index (Phi) is 7.09. The highest BCUT2D eigenvalue weighted by Crippen LogP contribution is 2.33. The average Bonchev–Trinajstić information content (AvgIpc) is 3.59. The number of hydrogen-bond acceptors (Lipinski definition) is 7. The third-order valence-electron chi connectivity index (χ3n) is 7.21. The molecular formula is C26H30F2N8. The Bertz CT molecular complexity index is 1250. The molecule has 0 unspecified atom stereocenters. The van der Waals surface area contributed by atoms with E-state index in [0.29, 0.717) is 28.5 Å². The molecule has 5 rings (SSSR count). The molecular weight excluding hydrogens is 462 g/mol.